The highest BCUT2D eigenvalue weighted by Crippen LogP contribution is 2.14. The van der Waals surface area contributed by atoms with Crippen LogP contribution in [0.5, 0.6) is 0 Å². The third-order valence-electron chi connectivity index (χ3n) is 3.42. The Morgan fingerprint density at radius 1 is 1.07 bits per heavy atom. The molecule has 0 amide bonds. The molecular formula is C12H26N2. The van der Waals surface area contributed by atoms with E-state index in [2.05, 4.69) is 30.7 Å². The molecule has 2 nitrogen and oxygen atoms in total. The molecule has 1 aliphatic heterocycles. The first-order chi connectivity index (χ1) is 6.77. The average Bonchev–Trinajstić information content (AvgIpc) is 2.21. The van der Waals surface area contributed by atoms with Crippen LogP contribution in [0.3, 0.4) is 0 Å². The van der Waals surface area contributed by atoms with Crippen molar-refractivity contribution in [1.82, 2.24) is 9.80 Å². The monoisotopic (exact) mass is 198 g/mol. The minimum absolute atomic E-state index is 0.851. The maximum Gasteiger partial charge on any atom is 0.0113 e. The van der Waals surface area contributed by atoms with E-state index in [4.69, 9.17) is 0 Å². The van der Waals surface area contributed by atoms with E-state index < -0.39 is 0 Å². The van der Waals surface area contributed by atoms with Gasteiger partial charge in [0.2, 0.25) is 0 Å². The van der Waals surface area contributed by atoms with Crippen LogP contribution in [0.15, 0.2) is 0 Å². The SMILES string of the molecule is CCCC[C@@H](CC)N1CCN(C)CC1. The quantitative estimate of drug-likeness (QED) is 0.668. The van der Waals surface area contributed by atoms with Crippen LogP contribution in [0.4, 0.5) is 0 Å². The molecule has 1 atom stereocenters. The Labute approximate surface area is 89.3 Å². The molecule has 0 spiro atoms. The highest BCUT2D eigenvalue weighted by atomic mass is 15.3. The van der Waals surface area contributed by atoms with Crippen LogP contribution in [-0.2, 0) is 0 Å². The van der Waals surface area contributed by atoms with Gasteiger partial charge >= 0.3 is 0 Å². The lowest BCUT2D eigenvalue weighted by Gasteiger charge is -2.37. The minimum Gasteiger partial charge on any atom is -0.304 e. The van der Waals surface area contributed by atoms with Crippen LogP contribution in [0, 0.1) is 0 Å². The maximum atomic E-state index is 2.69. The smallest absolute Gasteiger partial charge is 0.0113 e. The topological polar surface area (TPSA) is 6.48 Å². The zero-order chi connectivity index (χ0) is 10.4. The van der Waals surface area contributed by atoms with Gasteiger partial charge in [-0.3, -0.25) is 4.90 Å². The first-order valence-corrected chi connectivity index (χ1v) is 6.20. The van der Waals surface area contributed by atoms with Gasteiger partial charge < -0.3 is 4.90 Å². The number of piperazine rings is 1. The Bertz CT molecular complexity index is 137. The van der Waals surface area contributed by atoms with E-state index in [9.17, 15) is 0 Å². The van der Waals surface area contributed by atoms with Crippen LogP contribution in [0.25, 0.3) is 0 Å². The lowest BCUT2D eigenvalue weighted by molar-refractivity contribution is 0.103. The normalized spacial score (nSPS) is 22.5. The van der Waals surface area contributed by atoms with Crippen molar-refractivity contribution in [3.05, 3.63) is 0 Å². The predicted octanol–water partition coefficient (Wildman–Crippen LogP) is 2.20. The molecule has 0 saturated carbocycles. The minimum atomic E-state index is 0.851. The standard InChI is InChI=1S/C12H26N2/c1-4-6-7-12(5-2)14-10-8-13(3)9-11-14/h12H,4-11H2,1-3H3/t12-/m1/s1. The van der Waals surface area contributed by atoms with Crippen molar-refractivity contribution in [2.45, 2.75) is 45.6 Å². The fraction of sp³-hybridized carbons (Fsp3) is 1.00. The summed E-state index contributed by atoms with van der Waals surface area (Å²) in [5, 5.41) is 0. The van der Waals surface area contributed by atoms with Crippen molar-refractivity contribution < 1.29 is 0 Å². The van der Waals surface area contributed by atoms with Crippen molar-refractivity contribution in [3.8, 4) is 0 Å². The Balaban J connectivity index is 2.29. The van der Waals surface area contributed by atoms with E-state index in [1.54, 1.807) is 0 Å². The number of nitrogens with zero attached hydrogens (tertiary/aromatic N) is 2. The lowest BCUT2D eigenvalue weighted by Crippen LogP contribution is -2.48. The second-order valence-corrected chi connectivity index (χ2v) is 4.54. The number of hydrogen-bond donors (Lipinski definition) is 0. The molecule has 0 aromatic heterocycles. The van der Waals surface area contributed by atoms with E-state index in [0.717, 1.165) is 6.04 Å². The first-order valence-electron chi connectivity index (χ1n) is 6.20. The molecule has 84 valence electrons. The van der Waals surface area contributed by atoms with Gasteiger partial charge in [0.15, 0.2) is 0 Å². The van der Waals surface area contributed by atoms with Gasteiger partial charge in [-0.05, 0) is 19.9 Å². The van der Waals surface area contributed by atoms with Gasteiger partial charge in [0.05, 0.1) is 0 Å². The zero-order valence-corrected chi connectivity index (χ0v) is 10.1. The summed E-state index contributed by atoms with van der Waals surface area (Å²) in [4.78, 5) is 5.12. The second-order valence-electron chi connectivity index (χ2n) is 4.54. The summed E-state index contributed by atoms with van der Waals surface area (Å²) < 4.78 is 0. The number of hydrogen-bond acceptors (Lipinski definition) is 2. The molecule has 1 rings (SSSR count). The summed E-state index contributed by atoms with van der Waals surface area (Å²) in [7, 11) is 2.23. The Morgan fingerprint density at radius 3 is 2.21 bits per heavy atom. The van der Waals surface area contributed by atoms with E-state index >= 15 is 0 Å². The molecule has 0 N–H and O–H groups in total. The van der Waals surface area contributed by atoms with Crippen LogP contribution in [0.1, 0.15) is 39.5 Å². The summed E-state index contributed by atoms with van der Waals surface area (Å²) in [5.74, 6) is 0. The molecule has 0 aromatic rings. The number of unbranched alkanes of at least 4 members (excludes halogenated alkanes) is 1. The lowest BCUT2D eigenvalue weighted by atomic mass is 10.0. The van der Waals surface area contributed by atoms with Gasteiger partial charge in [0.1, 0.15) is 0 Å². The van der Waals surface area contributed by atoms with E-state index in [-0.39, 0.29) is 0 Å². The molecule has 0 unspecified atom stereocenters. The molecule has 14 heavy (non-hydrogen) atoms. The van der Waals surface area contributed by atoms with E-state index in [1.807, 2.05) is 0 Å². The van der Waals surface area contributed by atoms with Crippen molar-refractivity contribution >= 4 is 0 Å². The van der Waals surface area contributed by atoms with Gasteiger partial charge in [-0.1, -0.05) is 26.7 Å². The summed E-state index contributed by atoms with van der Waals surface area (Å²) in [6.07, 6.45) is 5.45. The van der Waals surface area contributed by atoms with Crippen LogP contribution in [0.2, 0.25) is 0 Å². The maximum absolute atomic E-state index is 2.69. The van der Waals surface area contributed by atoms with Gasteiger partial charge in [-0.15, -0.1) is 0 Å². The number of likely N-dealkylation sites (N-methyl/N-ethyl adjacent to an activating group) is 1. The van der Waals surface area contributed by atoms with Crippen molar-refractivity contribution in [1.29, 1.82) is 0 Å². The van der Waals surface area contributed by atoms with Crippen molar-refractivity contribution in [2.24, 2.45) is 0 Å². The van der Waals surface area contributed by atoms with Crippen LogP contribution >= 0.6 is 0 Å². The fourth-order valence-electron chi connectivity index (χ4n) is 2.27. The summed E-state index contributed by atoms with van der Waals surface area (Å²) >= 11 is 0. The number of rotatable bonds is 5. The average molecular weight is 198 g/mol. The van der Waals surface area contributed by atoms with Gasteiger partial charge in [0.25, 0.3) is 0 Å². The summed E-state index contributed by atoms with van der Waals surface area (Å²) in [6, 6.07) is 0.851. The third kappa shape index (κ3) is 3.58. The highest BCUT2D eigenvalue weighted by Gasteiger charge is 2.20. The Hall–Kier alpha value is -0.0800. The molecule has 1 heterocycles. The molecule has 1 aliphatic rings. The largest absolute Gasteiger partial charge is 0.304 e. The summed E-state index contributed by atoms with van der Waals surface area (Å²) in [5.41, 5.74) is 0. The predicted molar refractivity (Wildman–Crippen MR) is 62.7 cm³/mol. The van der Waals surface area contributed by atoms with Crippen LogP contribution in [-0.4, -0.2) is 49.1 Å². The molecular weight excluding hydrogens is 172 g/mol. The Kier molecular flexibility index (Phi) is 5.49. The fourth-order valence-corrected chi connectivity index (χ4v) is 2.27. The molecule has 2 heteroatoms. The Morgan fingerprint density at radius 2 is 1.71 bits per heavy atom. The highest BCUT2D eigenvalue weighted by molar-refractivity contribution is 4.76. The second kappa shape index (κ2) is 6.41. The van der Waals surface area contributed by atoms with Crippen molar-refractivity contribution in [3.63, 3.8) is 0 Å². The molecule has 0 aromatic carbocycles. The molecule has 0 bridgehead atoms. The van der Waals surface area contributed by atoms with E-state index in [0.29, 0.717) is 0 Å². The summed E-state index contributed by atoms with van der Waals surface area (Å²) in [6.45, 7) is 9.68. The molecule has 1 saturated heterocycles. The molecule has 1 fully saturated rings. The first kappa shape index (κ1) is 12.0. The van der Waals surface area contributed by atoms with Gasteiger partial charge in [0, 0.05) is 32.2 Å². The van der Waals surface area contributed by atoms with Crippen LogP contribution < -0.4 is 0 Å². The van der Waals surface area contributed by atoms with Crippen molar-refractivity contribution in [2.75, 3.05) is 33.2 Å². The van der Waals surface area contributed by atoms with Gasteiger partial charge in [-0.25, -0.2) is 0 Å². The molecule has 0 radical (unpaired) electrons. The third-order valence-corrected chi connectivity index (χ3v) is 3.42. The van der Waals surface area contributed by atoms with Gasteiger partial charge in [-0.2, -0.15) is 0 Å². The zero-order valence-electron chi connectivity index (χ0n) is 10.1. The molecule has 0 aliphatic carbocycles. The van der Waals surface area contributed by atoms with E-state index in [1.165, 1.54) is 51.9 Å².